The first-order chi connectivity index (χ1) is 4.25. The van der Waals surface area contributed by atoms with E-state index in [1.54, 1.807) is 0 Å². The Bertz CT molecular complexity index is 261. The number of rotatable bonds is 0. The first-order valence-electron chi connectivity index (χ1n) is 2.05. The van der Waals surface area contributed by atoms with Gasteiger partial charge in [-0.05, 0) is 22.6 Å². The molecule has 0 radical (unpaired) electrons. The summed E-state index contributed by atoms with van der Waals surface area (Å²) in [4.78, 5) is 0. The van der Waals surface area contributed by atoms with Gasteiger partial charge in [0.15, 0.2) is 5.69 Å². The summed E-state index contributed by atoms with van der Waals surface area (Å²) in [5.41, 5.74) is 0.251. The third kappa shape index (κ3) is 1.17. The molecule has 0 aliphatic carbocycles. The van der Waals surface area contributed by atoms with E-state index < -0.39 is 0 Å². The second-order valence-electron chi connectivity index (χ2n) is 1.31. The number of hydrogen-bond donors (Lipinski definition) is 1. The van der Waals surface area contributed by atoms with Gasteiger partial charge in [0.25, 0.3) is 0 Å². The van der Waals surface area contributed by atoms with Gasteiger partial charge in [0, 0.05) is 0 Å². The lowest BCUT2D eigenvalue weighted by molar-refractivity contribution is 1.05. The summed E-state index contributed by atoms with van der Waals surface area (Å²) >= 11 is 7.55. The molecule has 1 aromatic rings. The van der Waals surface area contributed by atoms with E-state index in [1.807, 2.05) is 28.7 Å². The molecule has 46 valence electrons. The van der Waals surface area contributed by atoms with Crippen LogP contribution in [0.2, 0.25) is 5.02 Å². The summed E-state index contributed by atoms with van der Waals surface area (Å²) < 4.78 is 0.700. The molecule has 9 heavy (non-hydrogen) atoms. The van der Waals surface area contributed by atoms with E-state index in [-0.39, 0.29) is 5.69 Å². The zero-order chi connectivity index (χ0) is 6.85. The van der Waals surface area contributed by atoms with Crippen LogP contribution < -0.4 is 0 Å². The highest BCUT2D eigenvalue weighted by Gasteiger charge is 2.05. The van der Waals surface area contributed by atoms with Crippen LogP contribution in [-0.4, -0.2) is 10.2 Å². The van der Waals surface area contributed by atoms with Crippen molar-refractivity contribution in [2.75, 3.05) is 0 Å². The minimum atomic E-state index is 0.251. The molecular weight excluding hydrogens is 252 g/mol. The summed E-state index contributed by atoms with van der Waals surface area (Å²) in [6, 6.07) is 1.84. The largest absolute Gasteiger partial charge is 0.269 e. The van der Waals surface area contributed by atoms with Crippen LogP contribution in [0.25, 0.3) is 0 Å². The summed E-state index contributed by atoms with van der Waals surface area (Å²) in [6.07, 6.45) is 0. The van der Waals surface area contributed by atoms with Crippen LogP contribution in [-0.2, 0) is 0 Å². The molecular formula is C4HClIN3. The summed E-state index contributed by atoms with van der Waals surface area (Å²) in [6.45, 7) is 0. The van der Waals surface area contributed by atoms with Crippen molar-refractivity contribution in [2.45, 2.75) is 0 Å². The first-order valence-corrected chi connectivity index (χ1v) is 3.51. The fourth-order valence-electron chi connectivity index (χ4n) is 0.381. The Morgan fingerprint density at radius 1 is 1.78 bits per heavy atom. The van der Waals surface area contributed by atoms with Gasteiger partial charge in [-0.1, -0.05) is 11.6 Å². The predicted octanol–water partition coefficient (Wildman–Crippen LogP) is 1.54. The first kappa shape index (κ1) is 6.83. The highest BCUT2D eigenvalue weighted by atomic mass is 127. The minimum Gasteiger partial charge on any atom is -0.269 e. The second kappa shape index (κ2) is 2.54. The zero-order valence-electron chi connectivity index (χ0n) is 4.15. The number of nitrogens with zero attached hydrogens (tertiary/aromatic N) is 2. The number of aromatic amines is 1. The Hall–Kier alpha value is -0.280. The molecule has 3 nitrogen and oxygen atoms in total. The second-order valence-corrected chi connectivity index (χ2v) is 2.77. The number of aromatic nitrogens is 2. The fraction of sp³-hybridized carbons (Fsp3) is 0. The van der Waals surface area contributed by atoms with Gasteiger partial charge in [-0.25, -0.2) is 0 Å². The maximum Gasteiger partial charge on any atom is 0.181 e. The molecule has 0 saturated heterocycles. The molecule has 0 amide bonds. The number of hydrogen-bond acceptors (Lipinski definition) is 2. The molecule has 0 fully saturated rings. The van der Waals surface area contributed by atoms with Crippen LogP contribution in [0.3, 0.4) is 0 Å². The predicted molar refractivity (Wildman–Crippen MR) is 41.0 cm³/mol. The summed E-state index contributed by atoms with van der Waals surface area (Å²) in [5.74, 6) is 0. The van der Waals surface area contributed by atoms with Gasteiger partial charge >= 0.3 is 0 Å². The third-order valence-corrected chi connectivity index (χ3v) is 2.24. The molecule has 0 unspecified atom stereocenters. The molecule has 1 aromatic heterocycles. The van der Waals surface area contributed by atoms with E-state index >= 15 is 0 Å². The lowest BCUT2D eigenvalue weighted by Crippen LogP contribution is -1.70. The highest BCUT2D eigenvalue weighted by Crippen LogP contribution is 2.18. The van der Waals surface area contributed by atoms with Crippen molar-refractivity contribution in [2.24, 2.45) is 0 Å². The fourth-order valence-corrected chi connectivity index (χ4v) is 0.884. The van der Waals surface area contributed by atoms with Crippen molar-refractivity contribution in [1.29, 1.82) is 5.26 Å². The van der Waals surface area contributed by atoms with Gasteiger partial charge in [0.2, 0.25) is 0 Å². The Morgan fingerprint density at radius 3 is 2.67 bits per heavy atom. The molecule has 0 aliphatic rings. The lowest BCUT2D eigenvalue weighted by Gasteiger charge is -1.76. The molecule has 0 saturated carbocycles. The van der Waals surface area contributed by atoms with Crippen molar-refractivity contribution in [3.8, 4) is 6.07 Å². The van der Waals surface area contributed by atoms with E-state index in [2.05, 4.69) is 10.2 Å². The van der Waals surface area contributed by atoms with Gasteiger partial charge in [-0.15, -0.1) is 0 Å². The average molecular weight is 253 g/mol. The Kier molecular flexibility index (Phi) is 1.93. The molecule has 5 heteroatoms. The Balaban J connectivity index is 3.24. The molecule has 1 heterocycles. The van der Waals surface area contributed by atoms with E-state index in [4.69, 9.17) is 16.9 Å². The van der Waals surface area contributed by atoms with Crippen molar-refractivity contribution in [1.82, 2.24) is 10.2 Å². The molecule has 0 aromatic carbocycles. The van der Waals surface area contributed by atoms with E-state index in [1.165, 1.54) is 0 Å². The van der Waals surface area contributed by atoms with Crippen LogP contribution in [0.15, 0.2) is 0 Å². The minimum absolute atomic E-state index is 0.251. The van der Waals surface area contributed by atoms with Crippen molar-refractivity contribution >= 4 is 34.2 Å². The molecule has 0 aliphatic heterocycles. The highest BCUT2D eigenvalue weighted by molar-refractivity contribution is 14.1. The Morgan fingerprint density at radius 2 is 2.44 bits per heavy atom. The molecule has 1 rings (SSSR count). The molecule has 0 atom stereocenters. The van der Waals surface area contributed by atoms with Gasteiger partial charge < -0.3 is 0 Å². The van der Waals surface area contributed by atoms with Crippen molar-refractivity contribution in [3.63, 3.8) is 0 Å². The van der Waals surface area contributed by atoms with Gasteiger partial charge in [0.1, 0.15) is 14.8 Å². The smallest absolute Gasteiger partial charge is 0.181 e. The SMILES string of the molecule is N#Cc1n[nH]c(I)c1Cl. The van der Waals surface area contributed by atoms with Gasteiger partial charge in [-0.2, -0.15) is 10.4 Å². The van der Waals surface area contributed by atoms with Crippen molar-refractivity contribution in [3.05, 3.63) is 14.4 Å². The quantitative estimate of drug-likeness (QED) is 0.713. The van der Waals surface area contributed by atoms with E-state index in [9.17, 15) is 0 Å². The van der Waals surface area contributed by atoms with Crippen LogP contribution in [0.4, 0.5) is 0 Å². The van der Waals surface area contributed by atoms with Crippen LogP contribution >= 0.6 is 34.2 Å². The van der Waals surface area contributed by atoms with Crippen LogP contribution in [0.1, 0.15) is 5.69 Å². The molecule has 0 spiro atoms. The number of H-pyrrole nitrogens is 1. The maximum absolute atomic E-state index is 8.31. The third-order valence-electron chi connectivity index (χ3n) is 0.772. The van der Waals surface area contributed by atoms with Crippen molar-refractivity contribution < 1.29 is 0 Å². The normalized spacial score (nSPS) is 9.00. The standard InChI is InChI=1S/C4HClIN3/c5-3-2(1-7)8-9-4(3)6/h(H,8,9). The molecule has 1 N–H and O–H groups in total. The number of halogens is 2. The van der Waals surface area contributed by atoms with Gasteiger partial charge in [0.05, 0.1) is 0 Å². The lowest BCUT2D eigenvalue weighted by atomic mass is 10.5. The van der Waals surface area contributed by atoms with E-state index in [0.29, 0.717) is 8.72 Å². The van der Waals surface area contributed by atoms with Crippen LogP contribution in [0, 0.1) is 15.0 Å². The number of nitrogens with one attached hydrogen (secondary N) is 1. The van der Waals surface area contributed by atoms with Crippen LogP contribution in [0.5, 0.6) is 0 Å². The van der Waals surface area contributed by atoms with Gasteiger partial charge in [-0.3, -0.25) is 5.10 Å². The monoisotopic (exact) mass is 253 g/mol. The zero-order valence-corrected chi connectivity index (χ0v) is 7.06. The van der Waals surface area contributed by atoms with E-state index in [0.717, 1.165) is 0 Å². The summed E-state index contributed by atoms with van der Waals surface area (Å²) in [5, 5.41) is 14.9. The number of nitriles is 1. The summed E-state index contributed by atoms with van der Waals surface area (Å²) in [7, 11) is 0. The maximum atomic E-state index is 8.31. The molecule has 0 bridgehead atoms. The topological polar surface area (TPSA) is 52.5 Å². The Labute approximate surface area is 70.2 Å². The average Bonchev–Trinajstić information content (AvgIpc) is 2.15.